The van der Waals surface area contributed by atoms with Crippen LogP contribution in [0.3, 0.4) is 0 Å². The molecule has 0 bridgehead atoms. The quantitative estimate of drug-likeness (QED) is 0.851. The summed E-state index contributed by atoms with van der Waals surface area (Å²) < 4.78 is 5.46. The van der Waals surface area contributed by atoms with Gasteiger partial charge in [0.2, 0.25) is 0 Å². The van der Waals surface area contributed by atoms with E-state index in [0.717, 1.165) is 51.1 Å². The normalized spacial score (nSPS) is 23.2. The lowest BCUT2D eigenvalue weighted by Crippen LogP contribution is -2.46. The third-order valence-electron chi connectivity index (χ3n) is 4.64. The first-order chi connectivity index (χ1) is 8.67. The summed E-state index contributed by atoms with van der Waals surface area (Å²) in [5.74, 6) is 1.13. The summed E-state index contributed by atoms with van der Waals surface area (Å²) >= 11 is 1.90. The number of nitrogens with zero attached hydrogens (tertiary/aromatic N) is 1. The van der Waals surface area contributed by atoms with Gasteiger partial charge < -0.3 is 10.1 Å². The zero-order valence-corrected chi connectivity index (χ0v) is 12.7. The average Bonchev–Trinajstić information content (AvgIpc) is 2.79. The van der Waals surface area contributed by atoms with Crippen LogP contribution in [0.2, 0.25) is 0 Å². The van der Waals surface area contributed by atoms with Crippen LogP contribution in [0.15, 0.2) is 4.99 Å². The SMILES string of the molecule is CCC(CC)(CC)NC1=NC2(CCOCC2)CS1. The van der Waals surface area contributed by atoms with Gasteiger partial charge in [0, 0.05) is 24.5 Å². The summed E-state index contributed by atoms with van der Waals surface area (Å²) in [7, 11) is 0. The van der Waals surface area contributed by atoms with E-state index < -0.39 is 0 Å². The van der Waals surface area contributed by atoms with Crippen molar-refractivity contribution >= 4 is 16.9 Å². The number of amidine groups is 1. The molecular weight excluding hydrogens is 244 g/mol. The smallest absolute Gasteiger partial charge is 0.157 e. The van der Waals surface area contributed by atoms with Crippen LogP contribution in [0.4, 0.5) is 0 Å². The van der Waals surface area contributed by atoms with Crippen LogP contribution in [0.5, 0.6) is 0 Å². The van der Waals surface area contributed by atoms with Gasteiger partial charge in [-0.15, -0.1) is 0 Å². The molecule has 1 saturated heterocycles. The van der Waals surface area contributed by atoms with Gasteiger partial charge in [-0.2, -0.15) is 0 Å². The lowest BCUT2D eigenvalue weighted by molar-refractivity contribution is 0.0623. The predicted molar refractivity (Wildman–Crippen MR) is 79.4 cm³/mol. The Morgan fingerprint density at radius 2 is 1.83 bits per heavy atom. The molecule has 1 fully saturated rings. The van der Waals surface area contributed by atoms with Gasteiger partial charge in [0.15, 0.2) is 5.17 Å². The molecule has 1 N–H and O–H groups in total. The van der Waals surface area contributed by atoms with Crippen molar-refractivity contribution in [1.29, 1.82) is 0 Å². The molecule has 0 aromatic rings. The number of nitrogens with one attached hydrogen (secondary N) is 1. The van der Waals surface area contributed by atoms with Crippen molar-refractivity contribution in [3.05, 3.63) is 0 Å². The van der Waals surface area contributed by atoms with E-state index in [1.165, 1.54) is 5.17 Å². The van der Waals surface area contributed by atoms with E-state index in [0.29, 0.717) is 0 Å². The Morgan fingerprint density at radius 3 is 2.39 bits per heavy atom. The first-order valence-corrected chi connectivity index (χ1v) is 8.25. The number of thioether (sulfide) groups is 1. The molecule has 2 aliphatic rings. The second-order valence-electron chi connectivity index (χ2n) is 5.51. The molecule has 0 amide bonds. The van der Waals surface area contributed by atoms with Crippen molar-refractivity contribution in [2.24, 2.45) is 4.99 Å². The van der Waals surface area contributed by atoms with Gasteiger partial charge in [-0.25, -0.2) is 0 Å². The van der Waals surface area contributed by atoms with Crippen LogP contribution >= 0.6 is 11.8 Å². The lowest BCUT2D eigenvalue weighted by atomic mass is 9.90. The summed E-state index contributed by atoms with van der Waals surface area (Å²) in [6.45, 7) is 8.55. The molecule has 0 unspecified atom stereocenters. The maximum absolute atomic E-state index is 5.46. The van der Waals surface area contributed by atoms with E-state index >= 15 is 0 Å². The Labute approximate surface area is 115 Å². The van der Waals surface area contributed by atoms with Gasteiger partial charge in [-0.05, 0) is 32.1 Å². The molecule has 0 atom stereocenters. The number of rotatable bonds is 4. The molecule has 1 spiro atoms. The Morgan fingerprint density at radius 1 is 1.22 bits per heavy atom. The summed E-state index contributed by atoms with van der Waals surface area (Å²) in [6, 6.07) is 0. The zero-order valence-electron chi connectivity index (χ0n) is 11.9. The van der Waals surface area contributed by atoms with Crippen molar-refractivity contribution in [2.45, 2.75) is 64.0 Å². The molecule has 0 saturated carbocycles. The van der Waals surface area contributed by atoms with Gasteiger partial charge in [-0.3, -0.25) is 4.99 Å². The Bertz CT molecular complexity index is 299. The summed E-state index contributed by atoms with van der Waals surface area (Å²) in [6.07, 6.45) is 5.66. The number of hydrogen-bond acceptors (Lipinski definition) is 4. The van der Waals surface area contributed by atoms with Crippen molar-refractivity contribution in [1.82, 2.24) is 5.32 Å². The minimum absolute atomic E-state index is 0.173. The first kappa shape index (κ1) is 14.2. The minimum Gasteiger partial charge on any atom is -0.381 e. The van der Waals surface area contributed by atoms with Crippen LogP contribution in [-0.2, 0) is 4.74 Å². The molecule has 0 aromatic carbocycles. The van der Waals surface area contributed by atoms with E-state index in [2.05, 4.69) is 26.1 Å². The number of aliphatic imine (C=N–C) groups is 1. The maximum atomic E-state index is 5.46. The van der Waals surface area contributed by atoms with Crippen LogP contribution < -0.4 is 5.32 Å². The fourth-order valence-corrected chi connectivity index (χ4v) is 4.10. The van der Waals surface area contributed by atoms with E-state index in [1.54, 1.807) is 0 Å². The zero-order chi connectivity index (χ0) is 13.1. The van der Waals surface area contributed by atoms with E-state index in [1.807, 2.05) is 11.8 Å². The maximum Gasteiger partial charge on any atom is 0.157 e. The summed E-state index contributed by atoms with van der Waals surface area (Å²) in [5, 5.41) is 4.89. The van der Waals surface area contributed by atoms with Crippen LogP contribution in [0.25, 0.3) is 0 Å². The Kier molecular flexibility index (Phi) is 4.59. The van der Waals surface area contributed by atoms with Gasteiger partial charge >= 0.3 is 0 Å². The van der Waals surface area contributed by atoms with Gasteiger partial charge in [0.25, 0.3) is 0 Å². The first-order valence-electron chi connectivity index (χ1n) is 7.26. The van der Waals surface area contributed by atoms with Crippen molar-refractivity contribution in [3.8, 4) is 0 Å². The fraction of sp³-hybridized carbons (Fsp3) is 0.929. The Balaban J connectivity index is 2.04. The van der Waals surface area contributed by atoms with E-state index in [9.17, 15) is 0 Å². The van der Waals surface area contributed by atoms with Crippen LogP contribution in [0, 0.1) is 0 Å². The lowest BCUT2D eigenvalue weighted by Gasteiger charge is -2.32. The minimum atomic E-state index is 0.173. The predicted octanol–water partition coefficient (Wildman–Crippen LogP) is 3.20. The van der Waals surface area contributed by atoms with Crippen LogP contribution in [0.1, 0.15) is 52.9 Å². The molecule has 104 valence electrons. The summed E-state index contributed by atoms with van der Waals surface area (Å²) in [5.41, 5.74) is 0.411. The van der Waals surface area contributed by atoms with Gasteiger partial charge in [0.1, 0.15) is 0 Å². The van der Waals surface area contributed by atoms with Crippen LogP contribution in [-0.4, -0.2) is 35.2 Å². The molecule has 2 heterocycles. The van der Waals surface area contributed by atoms with Gasteiger partial charge in [0.05, 0.1) is 5.54 Å². The highest BCUT2D eigenvalue weighted by atomic mass is 32.2. The number of ether oxygens (including phenoxy) is 1. The van der Waals surface area contributed by atoms with E-state index in [-0.39, 0.29) is 11.1 Å². The highest BCUT2D eigenvalue weighted by Gasteiger charge is 2.38. The second-order valence-corrected chi connectivity index (χ2v) is 6.47. The number of hydrogen-bond donors (Lipinski definition) is 1. The van der Waals surface area contributed by atoms with Crippen molar-refractivity contribution < 1.29 is 4.74 Å². The molecule has 4 heteroatoms. The molecule has 2 rings (SSSR count). The molecule has 0 aromatic heterocycles. The Hall–Kier alpha value is -0.220. The monoisotopic (exact) mass is 270 g/mol. The third kappa shape index (κ3) is 2.85. The molecule has 3 nitrogen and oxygen atoms in total. The highest BCUT2D eigenvalue weighted by Crippen LogP contribution is 2.36. The molecule has 0 radical (unpaired) electrons. The molecule has 2 aliphatic heterocycles. The highest BCUT2D eigenvalue weighted by molar-refractivity contribution is 8.14. The second kappa shape index (κ2) is 5.83. The topological polar surface area (TPSA) is 33.6 Å². The standard InChI is InChI=1S/C14H26N2OS/c1-4-13(5-2,6-3)15-12-16-14(11-18-12)7-9-17-10-8-14/h4-11H2,1-3H3,(H,15,16). The fourth-order valence-electron chi connectivity index (χ4n) is 2.80. The van der Waals surface area contributed by atoms with Crippen molar-refractivity contribution in [2.75, 3.05) is 19.0 Å². The van der Waals surface area contributed by atoms with Gasteiger partial charge in [-0.1, -0.05) is 32.5 Å². The van der Waals surface area contributed by atoms with Crippen molar-refractivity contribution in [3.63, 3.8) is 0 Å². The molecule has 0 aliphatic carbocycles. The molecular formula is C14H26N2OS. The largest absolute Gasteiger partial charge is 0.381 e. The average molecular weight is 270 g/mol. The third-order valence-corrected chi connectivity index (χ3v) is 5.79. The summed E-state index contributed by atoms with van der Waals surface area (Å²) in [4.78, 5) is 5.00. The molecule has 18 heavy (non-hydrogen) atoms. The van der Waals surface area contributed by atoms with E-state index in [4.69, 9.17) is 9.73 Å².